The number of hydrogen-bond acceptors (Lipinski definition) is 4. The van der Waals surface area contributed by atoms with E-state index < -0.39 is 10.7 Å². The molecule has 0 saturated heterocycles. The van der Waals surface area contributed by atoms with E-state index in [-0.39, 0.29) is 5.89 Å². The number of aromatic nitrogens is 1. The van der Waals surface area contributed by atoms with Crippen molar-refractivity contribution in [3.05, 3.63) is 78.0 Å². The monoisotopic (exact) mass is 325 g/mol. The summed E-state index contributed by atoms with van der Waals surface area (Å²) >= 11 is 4.37. The van der Waals surface area contributed by atoms with Crippen LogP contribution in [0.4, 0.5) is 0 Å². The zero-order chi connectivity index (χ0) is 16.4. The fourth-order valence-electron chi connectivity index (χ4n) is 2.57. The number of carboxylic acid groups (broad SMARTS) is 1. The van der Waals surface area contributed by atoms with Gasteiger partial charge in [-0.15, -0.1) is 12.6 Å². The number of carbonyl (C=O) groups is 1. The van der Waals surface area contributed by atoms with Gasteiger partial charge in [0.1, 0.15) is 6.26 Å². The second-order valence-electron chi connectivity index (χ2n) is 5.25. The molecule has 1 N–H and O–H groups in total. The van der Waals surface area contributed by atoms with Gasteiger partial charge in [0.25, 0.3) is 0 Å². The van der Waals surface area contributed by atoms with E-state index >= 15 is 0 Å². The third kappa shape index (κ3) is 2.64. The van der Waals surface area contributed by atoms with E-state index in [0.717, 1.165) is 16.7 Å². The number of thiol groups is 1. The van der Waals surface area contributed by atoms with Crippen molar-refractivity contribution in [3.63, 3.8) is 0 Å². The van der Waals surface area contributed by atoms with E-state index in [9.17, 15) is 9.90 Å². The average molecular weight is 325 g/mol. The Morgan fingerprint density at radius 2 is 1.96 bits per heavy atom. The molecule has 1 aromatic heterocycles. The normalized spacial score (nSPS) is 13.5. The summed E-state index contributed by atoms with van der Waals surface area (Å²) in [4.78, 5) is 15.8. The maximum absolute atomic E-state index is 11.8. The van der Waals surface area contributed by atoms with Gasteiger partial charge in [-0.05, 0) is 29.2 Å². The first-order valence-corrected chi connectivity index (χ1v) is 7.50. The van der Waals surface area contributed by atoms with Crippen LogP contribution >= 0.6 is 12.6 Å². The van der Waals surface area contributed by atoms with E-state index in [1.54, 1.807) is 6.07 Å². The van der Waals surface area contributed by atoms with Gasteiger partial charge in [0.05, 0.1) is 6.20 Å². The number of hydrogen-bond donors (Lipinski definition) is 2. The summed E-state index contributed by atoms with van der Waals surface area (Å²) in [5, 5.41) is 9.66. The number of oxazole rings is 1. The molecular formula is C18H15NO3S. The van der Waals surface area contributed by atoms with Gasteiger partial charge in [-0.2, -0.15) is 0 Å². The first kappa shape index (κ1) is 15.4. The van der Waals surface area contributed by atoms with Crippen molar-refractivity contribution in [2.75, 3.05) is 0 Å². The molecule has 1 unspecified atom stereocenters. The summed E-state index contributed by atoms with van der Waals surface area (Å²) in [6, 6.07) is 15.4. The Kier molecular flexibility index (Phi) is 3.96. The minimum Gasteiger partial charge on any atom is -0.480 e. The van der Waals surface area contributed by atoms with Crippen molar-refractivity contribution in [1.82, 2.24) is 4.98 Å². The zero-order valence-electron chi connectivity index (χ0n) is 12.4. The second-order valence-corrected chi connectivity index (χ2v) is 5.92. The summed E-state index contributed by atoms with van der Waals surface area (Å²) in [5.41, 5.74) is 3.59. The number of benzene rings is 2. The molecule has 23 heavy (non-hydrogen) atoms. The summed E-state index contributed by atoms with van der Waals surface area (Å²) in [5.74, 6) is -1.09. The molecule has 0 fully saturated rings. The molecule has 1 heterocycles. The van der Waals surface area contributed by atoms with E-state index in [0.29, 0.717) is 5.56 Å². The van der Waals surface area contributed by atoms with Crippen molar-refractivity contribution in [1.29, 1.82) is 0 Å². The topological polar surface area (TPSA) is 63.3 Å². The van der Waals surface area contributed by atoms with Crippen molar-refractivity contribution in [2.24, 2.45) is 0 Å². The number of aliphatic carboxylic acids is 1. The molecule has 0 aliphatic heterocycles. The lowest BCUT2D eigenvalue weighted by Gasteiger charge is -2.22. The lowest BCUT2D eigenvalue weighted by Crippen LogP contribution is -2.31. The lowest BCUT2D eigenvalue weighted by molar-refractivity contribution is -0.139. The number of aryl methyl sites for hydroxylation is 1. The van der Waals surface area contributed by atoms with Crippen LogP contribution in [0, 0.1) is 6.92 Å². The van der Waals surface area contributed by atoms with Gasteiger partial charge in [0.15, 0.2) is 0 Å². The van der Waals surface area contributed by atoms with Crippen molar-refractivity contribution in [2.45, 2.75) is 11.7 Å². The smallest absolute Gasteiger partial charge is 0.333 e. The van der Waals surface area contributed by atoms with Crippen LogP contribution in [0.5, 0.6) is 0 Å². The molecule has 1 atom stereocenters. The average Bonchev–Trinajstić information content (AvgIpc) is 3.09. The highest BCUT2D eigenvalue weighted by Crippen LogP contribution is 2.37. The predicted molar refractivity (Wildman–Crippen MR) is 90.5 cm³/mol. The van der Waals surface area contributed by atoms with Crippen molar-refractivity contribution in [3.8, 4) is 11.1 Å². The Bertz CT molecular complexity index is 831. The fourth-order valence-corrected chi connectivity index (χ4v) is 2.82. The standard InChI is InChI=1S/C18H15NO3S/c1-12-11-14(7-8-15(12)13-5-3-2-4-6-13)18(23,17(20)21)16-19-9-10-22-16/h2-11,23H,1H3,(H,20,21). The van der Waals surface area contributed by atoms with Crippen LogP contribution in [0.25, 0.3) is 11.1 Å². The van der Waals surface area contributed by atoms with E-state index in [2.05, 4.69) is 17.6 Å². The van der Waals surface area contributed by atoms with Gasteiger partial charge in [0, 0.05) is 0 Å². The second kappa shape index (κ2) is 5.93. The SMILES string of the molecule is Cc1cc(C(S)(C(=O)O)c2ncco2)ccc1-c1ccccc1. The Hall–Kier alpha value is -2.53. The molecule has 116 valence electrons. The summed E-state index contributed by atoms with van der Waals surface area (Å²) in [6.45, 7) is 1.94. The quantitative estimate of drug-likeness (QED) is 0.714. The summed E-state index contributed by atoms with van der Waals surface area (Å²) in [7, 11) is 0. The first-order valence-electron chi connectivity index (χ1n) is 7.06. The molecule has 0 saturated carbocycles. The van der Waals surface area contributed by atoms with Gasteiger partial charge in [-0.1, -0.05) is 48.5 Å². The van der Waals surface area contributed by atoms with Crippen LogP contribution < -0.4 is 0 Å². The highest BCUT2D eigenvalue weighted by molar-refractivity contribution is 7.82. The molecule has 3 rings (SSSR count). The van der Waals surface area contributed by atoms with Crippen molar-refractivity contribution < 1.29 is 14.3 Å². The van der Waals surface area contributed by atoms with E-state index in [1.165, 1.54) is 12.5 Å². The summed E-state index contributed by atoms with van der Waals surface area (Å²) in [6.07, 6.45) is 2.75. The maximum Gasteiger partial charge on any atom is 0.333 e. The molecule has 0 bridgehead atoms. The number of nitrogens with zero attached hydrogens (tertiary/aromatic N) is 1. The Morgan fingerprint density at radius 3 is 2.52 bits per heavy atom. The predicted octanol–water partition coefficient (Wildman–Crippen LogP) is 3.91. The van der Waals surface area contributed by atoms with Gasteiger partial charge in [-0.3, -0.25) is 0 Å². The van der Waals surface area contributed by atoms with Gasteiger partial charge >= 0.3 is 5.97 Å². The molecule has 2 aromatic carbocycles. The molecular weight excluding hydrogens is 310 g/mol. The summed E-state index contributed by atoms with van der Waals surface area (Å²) < 4.78 is 3.58. The molecule has 4 nitrogen and oxygen atoms in total. The fraction of sp³-hybridized carbons (Fsp3) is 0.111. The Morgan fingerprint density at radius 1 is 1.22 bits per heavy atom. The third-order valence-corrected chi connectivity index (χ3v) is 4.42. The van der Waals surface area contributed by atoms with Crippen LogP contribution in [-0.4, -0.2) is 16.1 Å². The molecule has 3 aromatic rings. The minimum atomic E-state index is -1.62. The molecule has 0 spiro atoms. The van der Waals surface area contributed by atoms with E-state index in [1.807, 2.05) is 49.4 Å². The van der Waals surface area contributed by atoms with Crippen LogP contribution in [0.15, 0.2) is 65.4 Å². The van der Waals surface area contributed by atoms with E-state index in [4.69, 9.17) is 4.42 Å². The van der Waals surface area contributed by atoms with Crippen LogP contribution in [0.1, 0.15) is 17.0 Å². The molecule has 0 aliphatic carbocycles. The highest BCUT2D eigenvalue weighted by atomic mass is 32.1. The van der Waals surface area contributed by atoms with Crippen LogP contribution in [-0.2, 0) is 9.54 Å². The molecule has 0 radical (unpaired) electrons. The largest absolute Gasteiger partial charge is 0.480 e. The molecule has 5 heteroatoms. The zero-order valence-corrected chi connectivity index (χ0v) is 13.3. The maximum atomic E-state index is 11.8. The first-order chi connectivity index (χ1) is 11.0. The molecule has 0 aliphatic rings. The van der Waals surface area contributed by atoms with Gasteiger partial charge < -0.3 is 9.52 Å². The van der Waals surface area contributed by atoms with Gasteiger partial charge in [0.2, 0.25) is 10.6 Å². The Balaban J connectivity index is 2.10. The minimum absolute atomic E-state index is 0.0418. The van der Waals surface area contributed by atoms with Crippen LogP contribution in [0.2, 0.25) is 0 Å². The number of carboxylic acids is 1. The van der Waals surface area contributed by atoms with Crippen molar-refractivity contribution >= 4 is 18.6 Å². The third-order valence-electron chi connectivity index (χ3n) is 3.78. The highest BCUT2D eigenvalue weighted by Gasteiger charge is 2.43. The molecule has 0 amide bonds. The number of rotatable bonds is 4. The lowest BCUT2D eigenvalue weighted by atomic mass is 9.92. The van der Waals surface area contributed by atoms with Gasteiger partial charge in [-0.25, -0.2) is 9.78 Å². The van der Waals surface area contributed by atoms with Crippen LogP contribution in [0.3, 0.4) is 0 Å². The Labute approximate surface area is 139 Å².